The van der Waals surface area contributed by atoms with E-state index in [0.717, 1.165) is 22.2 Å². The lowest BCUT2D eigenvalue weighted by molar-refractivity contribution is 0.353. The Morgan fingerprint density at radius 2 is 1.15 bits per heavy atom. The van der Waals surface area contributed by atoms with Crippen molar-refractivity contribution in [2.24, 2.45) is 0 Å². The highest BCUT2D eigenvalue weighted by molar-refractivity contribution is 7.33. The van der Waals surface area contributed by atoms with Gasteiger partial charge in [-0.3, -0.25) is 0 Å². The fourth-order valence-corrected chi connectivity index (χ4v) is 16.0. The first-order valence-corrected chi connectivity index (χ1v) is 26.6. The van der Waals surface area contributed by atoms with Gasteiger partial charge in [0.2, 0.25) is 0 Å². The first-order valence-electron chi connectivity index (χ1n) is 25.8. The van der Waals surface area contributed by atoms with Crippen LogP contribution in [-0.2, 0) is 5.41 Å². The van der Waals surface area contributed by atoms with E-state index in [2.05, 4.69) is 161 Å². The quantitative estimate of drug-likeness (QED) is 0.164. The van der Waals surface area contributed by atoms with Crippen LogP contribution in [0.25, 0.3) is 43.2 Å². The molecule has 0 N–H and O–H groups in total. The second-order valence-electron chi connectivity index (χ2n) is 21.0. The third kappa shape index (κ3) is 5.58. The van der Waals surface area contributed by atoms with Gasteiger partial charge in [0.1, 0.15) is 5.58 Å². The molecular weight excluding hydrogens is 832 g/mol. The molecule has 67 heavy (non-hydrogen) atoms. The summed E-state index contributed by atoms with van der Waals surface area (Å²) >= 11 is 2.08. The molecule has 5 heteroatoms. The van der Waals surface area contributed by atoms with Gasteiger partial charge < -0.3 is 14.2 Å². The van der Waals surface area contributed by atoms with Crippen LogP contribution in [0.4, 0.5) is 34.1 Å². The zero-order valence-corrected chi connectivity index (χ0v) is 39.1. The minimum Gasteiger partial charge on any atom is -0.454 e. The minimum atomic E-state index is 0.0690. The van der Waals surface area contributed by atoms with Crippen LogP contribution in [-0.4, -0.2) is 6.71 Å². The predicted molar refractivity (Wildman–Crippen MR) is 284 cm³/mol. The molecule has 3 saturated carbocycles. The summed E-state index contributed by atoms with van der Waals surface area (Å²) in [5.74, 6) is 1.25. The van der Waals surface area contributed by atoms with Crippen molar-refractivity contribution in [3.05, 3.63) is 162 Å². The van der Waals surface area contributed by atoms with Crippen LogP contribution < -0.4 is 25.5 Å². The number of para-hydroxylation sites is 2. The smallest absolute Gasteiger partial charge is 0.264 e. The number of fused-ring (bicyclic) bond motifs is 14. The van der Waals surface area contributed by atoms with Gasteiger partial charge >= 0.3 is 0 Å². The summed E-state index contributed by atoms with van der Waals surface area (Å²) in [6, 6.07) is 54.7. The first-order chi connectivity index (χ1) is 33.2. The van der Waals surface area contributed by atoms with Crippen molar-refractivity contribution >= 4 is 99.9 Å². The molecular formula is C62H55BN2OS. The lowest BCUT2D eigenvalue weighted by Gasteiger charge is -2.43. The third-order valence-electron chi connectivity index (χ3n) is 17.6. The van der Waals surface area contributed by atoms with E-state index in [-0.39, 0.29) is 12.1 Å². The monoisotopic (exact) mass is 886 g/mol. The van der Waals surface area contributed by atoms with Gasteiger partial charge in [-0.25, -0.2) is 0 Å². The normalized spacial score (nSPS) is 18.7. The molecule has 6 aliphatic rings. The molecule has 0 radical (unpaired) electrons. The molecule has 1 spiro atoms. The number of hydrogen-bond donors (Lipinski definition) is 0. The van der Waals surface area contributed by atoms with Crippen molar-refractivity contribution in [3.63, 3.8) is 0 Å². The van der Waals surface area contributed by atoms with Gasteiger partial charge in [-0.05, 0) is 132 Å². The third-order valence-corrected chi connectivity index (χ3v) is 18.8. The molecule has 9 aromatic rings. The van der Waals surface area contributed by atoms with E-state index < -0.39 is 0 Å². The van der Waals surface area contributed by atoms with E-state index in [1.165, 1.54) is 178 Å². The second-order valence-corrected chi connectivity index (χ2v) is 22.1. The van der Waals surface area contributed by atoms with Crippen molar-refractivity contribution < 1.29 is 4.42 Å². The van der Waals surface area contributed by atoms with Gasteiger partial charge in [0.25, 0.3) is 6.71 Å². The Morgan fingerprint density at radius 3 is 1.99 bits per heavy atom. The molecule has 328 valence electrons. The molecule has 0 saturated heterocycles. The number of rotatable bonds is 4. The molecule has 3 nitrogen and oxygen atoms in total. The SMILES string of the molecule is c1ccc2c(c1)-c1c(N3c4cccc5c4B(c4cc(C6CCCCC6)ccc4N5c4cccc5c4oc4ccccc45)c4sc5cc(C6CCCCC6)ccc5c43)cccc1C21CCCCC1. The van der Waals surface area contributed by atoms with Crippen molar-refractivity contribution in [1.82, 2.24) is 0 Å². The Morgan fingerprint density at radius 1 is 0.507 bits per heavy atom. The fourth-order valence-electron chi connectivity index (χ4n) is 14.6. The van der Waals surface area contributed by atoms with Gasteiger partial charge in [0.15, 0.2) is 5.58 Å². The van der Waals surface area contributed by atoms with Gasteiger partial charge in [0, 0.05) is 53.7 Å². The summed E-state index contributed by atoms with van der Waals surface area (Å²) in [6.07, 6.45) is 19.6. The standard InChI is InChI=1S/C62H55BN2OS/c1-4-17-39(18-5-1)41-32-34-50-49(37-41)63-58-52(64(50)54-29-14-23-44-43-21-9-11-30-55(43)66-60(44)54)27-16-28-53(58)65(59-46-33-31-42(38-56(46)67-61(59)63)40-19-6-2-7-20-40)51-26-15-25-48-57(51)45-22-8-10-24-47(45)62(48)35-12-3-13-36-62/h8-11,14-16,21-34,37-40H,1-7,12-13,17-20,35-36H2. The van der Waals surface area contributed by atoms with E-state index in [9.17, 15) is 0 Å². The Labute approximate surface area is 398 Å². The second kappa shape index (κ2) is 15.0. The van der Waals surface area contributed by atoms with Gasteiger partial charge in [-0.15, -0.1) is 11.3 Å². The topological polar surface area (TPSA) is 19.6 Å². The van der Waals surface area contributed by atoms with E-state index in [0.29, 0.717) is 11.8 Å². The maximum atomic E-state index is 6.92. The largest absolute Gasteiger partial charge is 0.454 e. The van der Waals surface area contributed by atoms with Crippen LogP contribution in [0.3, 0.4) is 0 Å². The molecule has 7 aromatic carbocycles. The molecule has 4 heterocycles. The number of hydrogen-bond acceptors (Lipinski definition) is 4. The summed E-state index contributed by atoms with van der Waals surface area (Å²) < 4.78 is 9.84. The Balaban J connectivity index is 1.03. The summed E-state index contributed by atoms with van der Waals surface area (Å²) in [5.41, 5.74) is 21.5. The van der Waals surface area contributed by atoms with E-state index in [1.54, 1.807) is 11.1 Å². The zero-order valence-electron chi connectivity index (χ0n) is 38.3. The van der Waals surface area contributed by atoms with Gasteiger partial charge in [0.05, 0.1) is 17.1 Å². The molecule has 2 aliphatic heterocycles. The first kappa shape index (κ1) is 39.0. The van der Waals surface area contributed by atoms with Crippen LogP contribution >= 0.6 is 11.3 Å². The van der Waals surface area contributed by atoms with Crippen molar-refractivity contribution in [1.29, 1.82) is 0 Å². The highest BCUT2D eigenvalue weighted by Crippen LogP contribution is 2.60. The number of furan rings is 1. The summed E-state index contributed by atoms with van der Waals surface area (Å²) in [5, 5.41) is 3.73. The molecule has 0 unspecified atom stereocenters. The number of benzene rings is 7. The maximum Gasteiger partial charge on any atom is 0.264 e. The number of anilines is 6. The van der Waals surface area contributed by atoms with Crippen molar-refractivity contribution in [2.45, 2.75) is 114 Å². The van der Waals surface area contributed by atoms with E-state index >= 15 is 0 Å². The lowest BCUT2D eigenvalue weighted by atomic mass is 9.36. The maximum absolute atomic E-state index is 6.92. The van der Waals surface area contributed by atoms with Crippen LogP contribution in [0.1, 0.15) is 130 Å². The number of nitrogens with zero attached hydrogens (tertiary/aromatic N) is 2. The Kier molecular flexibility index (Phi) is 8.72. The van der Waals surface area contributed by atoms with Crippen LogP contribution in [0.5, 0.6) is 0 Å². The Bertz CT molecular complexity index is 3470. The summed E-state index contributed by atoms with van der Waals surface area (Å²) in [7, 11) is 0. The van der Waals surface area contributed by atoms with Gasteiger partial charge in [-0.1, -0.05) is 155 Å². The summed E-state index contributed by atoms with van der Waals surface area (Å²) in [4.78, 5) is 5.34. The van der Waals surface area contributed by atoms with Crippen LogP contribution in [0, 0.1) is 0 Å². The van der Waals surface area contributed by atoms with Crippen LogP contribution in [0.2, 0.25) is 0 Å². The van der Waals surface area contributed by atoms with E-state index in [4.69, 9.17) is 4.42 Å². The minimum absolute atomic E-state index is 0.0690. The van der Waals surface area contributed by atoms with E-state index in [1.807, 2.05) is 0 Å². The molecule has 0 bridgehead atoms. The van der Waals surface area contributed by atoms with Crippen molar-refractivity contribution in [2.75, 3.05) is 9.80 Å². The summed E-state index contributed by atoms with van der Waals surface area (Å²) in [6.45, 7) is 0.0892. The van der Waals surface area contributed by atoms with Gasteiger partial charge in [-0.2, -0.15) is 0 Å². The highest BCUT2D eigenvalue weighted by atomic mass is 32.1. The zero-order chi connectivity index (χ0) is 43.8. The molecule has 15 rings (SSSR count). The molecule has 2 aromatic heterocycles. The average molecular weight is 887 g/mol. The highest BCUT2D eigenvalue weighted by Gasteiger charge is 2.49. The predicted octanol–water partition coefficient (Wildman–Crippen LogP) is 16.2. The molecule has 4 aliphatic carbocycles. The number of thiophene rings is 1. The molecule has 0 amide bonds. The fraction of sp³-hybridized carbons (Fsp3) is 0.290. The van der Waals surface area contributed by atoms with Crippen molar-refractivity contribution in [3.8, 4) is 11.1 Å². The average Bonchev–Trinajstić information content (AvgIpc) is 4.05. The van der Waals surface area contributed by atoms with Crippen LogP contribution in [0.15, 0.2) is 144 Å². The lowest BCUT2D eigenvalue weighted by Crippen LogP contribution is -2.60. The Hall–Kier alpha value is -6.04. The molecule has 3 fully saturated rings. The molecule has 0 atom stereocenters.